The fourth-order valence-corrected chi connectivity index (χ4v) is 4.43. The Morgan fingerprint density at radius 1 is 1.17 bits per heavy atom. The summed E-state index contributed by atoms with van der Waals surface area (Å²) in [6.07, 6.45) is 1.51. The van der Waals surface area contributed by atoms with Gasteiger partial charge in [0.05, 0.1) is 17.1 Å². The molecule has 0 aliphatic rings. The molecule has 2 aromatic carbocycles. The first kappa shape index (κ1) is 21.7. The van der Waals surface area contributed by atoms with E-state index in [1.165, 1.54) is 29.7 Å². The smallest absolute Gasteiger partial charge is 0.263 e. The molecule has 0 aliphatic heterocycles. The minimum absolute atomic E-state index is 0.0721. The Kier molecular flexibility index (Phi) is 6.98. The maximum atomic E-state index is 12.5. The third kappa shape index (κ3) is 5.53. The van der Waals surface area contributed by atoms with Gasteiger partial charge >= 0.3 is 0 Å². The lowest BCUT2D eigenvalue weighted by Gasteiger charge is -2.12. The molecule has 0 radical (unpaired) electrons. The highest BCUT2D eigenvalue weighted by atomic mass is 32.2. The Balaban J connectivity index is 1.63. The standard InChI is InChI=1S/C19H18N4O4S3/c1-2-27-16-6-4-3-5-15(16)17(24)22-18(28)21-13-7-9-14(10-8-13)30(25,26)23-19-20-11-12-29-19/h3-12H,2H2,1H3,(H,20,23)(H2,21,22,24,28). The van der Waals surface area contributed by atoms with Gasteiger partial charge in [-0.05, 0) is 55.5 Å². The quantitative estimate of drug-likeness (QED) is 0.461. The predicted octanol–water partition coefficient (Wildman–Crippen LogP) is 3.47. The maximum absolute atomic E-state index is 12.5. The first-order valence-electron chi connectivity index (χ1n) is 8.75. The van der Waals surface area contributed by atoms with Crippen LogP contribution in [0.5, 0.6) is 5.75 Å². The molecule has 3 aromatic rings. The average Bonchev–Trinajstić information content (AvgIpc) is 3.21. The molecular formula is C19H18N4O4S3. The third-order valence-electron chi connectivity index (χ3n) is 3.74. The highest BCUT2D eigenvalue weighted by Gasteiger charge is 2.16. The molecule has 1 aromatic heterocycles. The van der Waals surface area contributed by atoms with Crippen LogP contribution in [0.4, 0.5) is 10.8 Å². The van der Waals surface area contributed by atoms with E-state index in [0.717, 1.165) is 0 Å². The van der Waals surface area contributed by atoms with E-state index in [1.807, 2.05) is 6.92 Å². The molecule has 3 rings (SSSR count). The van der Waals surface area contributed by atoms with Crippen molar-refractivity contribution in [2.45, 2.75) is 11.8 Å². The molecule has 0 atom stereocenters. The van der Waals surface area contributed by atoms with Crippen LogP contribution in [-0.4, -0.2) is 31.0 Å². The van der Waals surface area contributed by atoms with E-state index in [4.69, 9.17) is 17.0 Å². The summed E-state index contributed by atoms with van der Waals surface area (Å²) in [7, 11) is -3.74. The minimum Gasteiger partial charge on any atom is -0.493 e. The summed E-state index contributed by atoms with van der Waals surface area (Å²) in [5.74, 6) is 0.0472. The van der Waals surface area contributed by atoms with Gasteiger partial charge in [0.15, 0.2) is 10.2 Å². The van der Waals surface area contributed by atoms with E-state index >= 15 is 0 Å². The van der Waals surface area contributed by atoms with Crippen LogP contribution in [0.3, 0.4) is 0 Å². The molecule has 1 amide bonds. The fraction of sp³-hybridized carbons (Fsp3) is 0.105. The van der Waals surface area contributed by atoms with Gasteiger partial charge < -0.3 is 10.1 Å². The van der Waals surface area contributed by atoms with Gasteiger partial charge in [0.25, 0.3) is 15.9 Å². The first-order chi connectivity index (χ1) is 14.4. The Morgan fingerprint density at radius 3 is 2.57 bits per heavy atom. The van der Waals surface area contributed by atoms with Crippen LogP contribution in [0.2, 0.25) is 0 Å². The molecule has 0 spiro atoms. The largest absolute Gasteiger partial charge is 0.493 e. The Bertz CT molecular complexity index is 1130. The zero-order valence-corrected chi connectivity index (χ0v) is 18.2. The van der Waals surface area contributed by atoms with Gasteiger partial charge in [0.1, 0.15) is 5.75 Å². The number of amides is 1. The summed E-state index contributed by atoms with van der Waals surface area (Å²) in [4.78, 5) is 16.4. The lowest BCUT2D eigenvalue weighted by Crippen LogP contribution is -2.34. The third-order valence-corrected chi connectivity index (χ3v) is 6.11. The van der Waals surface area contributed by atoms with E-state index in [1.54, 1.807) is 41.8 Å². The number of hydrogen-bond acceptors (Lipinski definition) is 7. The molecule has 0 saturated heterocycles. The van der Waals surface area contributed by atoms with Gasteiger partial charge in [-0.1, -0.05) is 12.1 Å². The number of aromatic nitrogens is 1. The van der Waals surface area contributed by atoms with E-state index in [2.05, 4.69) is 20.3 Å². The van der Waals surface area contributed by atoms with Crippen molar-refractivity contribution in [3.63, 3.8) is 0 Å². The van der Waals surface area contributed by atoms with Crippen LogP contribution >= 0.6 is 23.6 Å². The van der Waals surface area contributed by atoms with E-state index < -0.39 is 15.9 Å². The van der Waals surface area contributed by atoms with Crippen LogP contribution in [0, 0.1) is 0 Å². The summed E-state index contributed by atoms with van der Waals surface area (Å²) < 4.78 is 32.6. The molecular weight excluding hydrogens is 444 g/mol. The molecule has 8 nitrogen and oxygen atoms in total. The maximum Gasteiger partial charge on any atom is 0.263 e. The molecule has 0 fully saturated rings. The lowest BCUT2D eigenvalue weighted by molar-refractivity contribution is 0.0974. The molecule has 11 heteroatoms. The van der Waals surface area contributed by atoms with Gasteiger partial charge in [-0.15, -0.1) is 11.3 Å². The van der Waals surface area contributed by atoms with Gasteiger partial charge in [-0.2, -0.15) is 0 Å². The number of carbonyl (C=O) groups is 1. The number of para-hydroxylation sites is 1. The molecule has 0 aliphatic carbocycles. The number of benzene rings is 2. The molecule has 0 unspecified atom stereocenters. The summed E-state index contributed by atoms with van der Waals surface area (Å²) in [6.45, 7) is 2.26. The van der Waals surface area contributed by atoms with Gasteiger partial charge in [0.2, 0.25) is 0 Å². The highest BCUT2D eigenvalue weighted by molar-refractivity contribution is 7.93. The van der Waals surface area contributed by atoms with Crippen LogP contribution < -0.4 is 20.1 Å². The Hall–Kier alpha value is -3.02. The van der Waals surface area contributed by atoms with Crippen molar-refractivity contribution < 1.29 is 17.9 Å². The Morgan fingerprint density at radius 2 is 1.90 bits per heavy atom. The van der Waals surface area contributed by atoms with Crippen LogP contribution in [0.25, 0.3) is 0 Å². The number of ether oxygens (including phenoxy) is 1. The van der Waals surface area contributed by atoms with E-state index in [9.17, 15) is 13.2 Å². The predicted molar refractivity (Wildman–Crippen MR) is 121 cm³/mol. The summed E-state index contributed by atoms with van der Waals surface area (Å²) in [5.41, 5.74) is 0.879. The van der Waals surface area contributed by atoms with Gasteiger partial charge in [-0.25, -0.2) is 13.4 Å². The number of hydrogen-bond donors (Lipinski definition) is 3. The van der Waals surface area contributed by atoms with Crippen molar-refractivity contribution >= 4 is 55.4 Å². The van der Waals surface area contributed by atoms with E-state index in [0.29, 0.717) is 23.6 Å². The number of thiocarbonyl (C=S) groups is 1. The number of rotatable bonds is 7. The first-order valence-corrected chi connectivity index (χ1v) is 11.5. The topological polar surface area (TPSA) is 109 Å². The van der Waals surface area contributed by atoms with Crippen molar-refractivity contribution in [2.75, 3.05) is 16.6 Å². The molecule has 156 valence electrons. The number of sulfonamides is 1. The lowest BCUT2D eigenvalue weighted by atomic mass is 10.2. The zero-order chi connectivity index (χ0) is 21.6. The summed E-state index contributed by atoms with van der Waals surface area (Å²) >= 11 is 6.37. The molecule has 3 N–H and O–H groups in total. The average molecular weight is 463 g/mol. The van der Waals surface area contributed by atoms with Crippen molar-refractivity contribution in [1.82, 2.24) is 10.3 Å². The van der Waals surface area contributed by atoms with Crippen LogP contribution in [-0.2, 0) is 10.0 Å². The van der Waals surface area contributed by atoms with Gasteiger partial charge in [0, 0.05) is 17.3 Å². The summed E-state index contributed by atoms with van der Waals surface area (Å²) in [5, 5.41) is 7.46. The van der Waals surface area contributed by atoms with Gasteiger partial charge in [-0.3, -0.25) is 14.8 Å². The van der Waals surface area contributed by atoms with Crippen molar-refractivity contribution in [2.24, 2.45) is 0 Å². The second-order valence-electron chi connectivity index (χ2n) is 5.80. The van der Waals surface area contributed by atoms with Crippen LogP contribution in [0.1, 0.15) is 17.3 Å². The highest BCUT2D eigenvalue weighted by Crippen LogP contribution is 2.20. The van der Waals surface area contributed by atoms with E-state index in [-0.39, 0.29) is 15.1 Å². The SMILES string of the molecule is CCOc1ccccc1C(=O)NC(=S)Nc1ccc(S(=O)(=O)Nc2nccs2)cc1. The number of thiazole rings is 1. The van der Waals surface area contributed by atoms with Crippen LogP contribution in [0.15, 0.2) is 65.0 Å². The second kappa shape index (κ2) is 9.65. The number of carbonyl (C=O) groups excluding carboxylic acids is 1. The summed E-state index contributed by atoms with van der Waals surface area (Å²) in [6, 6.07) is 12.8. The number of nitrogens with one attached hydrogen (secondary N) is 3. The number of nitrogens with zero attached hydrogens (tertiary/aromatic N) is 1. The molecule has 0 bridgehead atoms. The fourth-order valence-electron chi connectivity index (χ4n) is 2.43. The molecule has 1 heterocycles. The minimum atomic E-state index is -3.74. The monoisotopic (exact) mass is 462 g/mol. The Labute approximate surface area is 183 Å². The van der Waals surface area contributed by atoms with Crippen molar-refractivity contribution in [3.05, 3.63) is 65.7 Å². The molecule has 30 heavy (non-hydrogen) atoms. The molecule has 0 saturated carbocycles. The zero-order valence-electron chi connectivity index (χ0n) is 15.8. The number of anilines is 2. The van der Waals surface area contributed by atoms with Crippen molar-refractivity contribution in [3.8, 4) is 5.75 Å². The second-order valence-corrected chi connectivity index (χ2v) is 8.79. The normalized spacial score (nSPS) is 10.8. The van der Waals surface area contributed by atoms with Crippen molar-refractivity contribution in [1.29, 1.82) is 0 Å².